The highest BCUT2D eigenvalue weighted by Gasteiger charge is 2.44. The maximum absolute atomic E-state index is 12.8. The van der Waals surface area contributed by atoms with Crippen LogP contribution in [0.2, 0.25) is 0 Å². The highest BCUT2D eigenvalue weighted by Crippen LogP contribution is 2.45. The molecule has 1 amide bonds. The van der Waals surface area contributed by atoms with E-state index >= 15 is 0 Å². The molecule has 2 aromatic rings. The topological polar surface area (TPSA) is 69.0 Å². The Hall–Kier alpha value is -2.21. The number of nitrogens with one attached hydrogen (secondary N) is 1. The van der Waals surface area contributed by atoms with Crippen molar-refractivity contribution in [1.29, 1.82) is 0 Å². The van der Waals surface area contributed by atoms with Gasteiger partial charge in [0.15, 0.2) is 0 Å². The number of aryl methyl sites for hydroxylation is 2. The predicted octanol–water partition coefficient (Wildman–Crippen LogP) is 3.01. The smallest absolute Gasteiger partial charge is 0.220 e. The molecule has 27 heavy (non-hydrogen) atoms. The van der Waals surface area contributed by atoms with Gasteiger partial charge in [-0.15, -0.1) is 5.10 Å². The van der Waals surface area contributed by atoms with Crippen LogP contribution in [0.3, 0.4) is 0 Å². The molecule has 1 saturated heterocycles. The van der Waals surface area contributed by atoms with Gasteiger partial charge in [-0.2, -0.15) is 0 Å². The Morgan fingerprint density at radius 2 is 2.15 bits per heavy atom. The lowest BCUT2D eigenvalue weighted by Crippen LogP contribution is -2.47. The van der Waals surface area contributed by atoms with Crippen LogP contribution >= 0.6 is 0 Å². The molecule has 1 aromatic heterocycles. The highest BCUT2D eigenvalue weighted by molar-refractivity contribution is 5.77. The molecule has 1 aromatic carbocycles. The van der Waals surface area contributed by atoms with Gasteiger partial charge in [0.2, 0.25) is 5.91 Å². The van der Waals surface area contributed by atoms with E-state index in [4.69, 9.17) is 4.74 Å². The van der Waals surface area contributed by atoms with Crippen LogP contribution in [0.15, 0.2) is 36.7 Å². The Morgan fingerprint density at radius 1 is 1.33 bits per heavy atom. The minimum absolute atomic E-state index is 0.106. The third-order valence-corrected chi connectivity index (χ3v) is 5.41. The summed E-state index contributed by atoms with van der Waals surface area (Å²) in [5.41, 5.74) is 2.12. The second-order valence-electron chi connectivity index (χ2n) is 8.18. The average Bonchev–Trinajstić information content (AvgIpc) is 3.11. The first-order chi connectivity index (χ1) is 12.9. The summed E-state index contributed by atoms with van der Waals surface area (Å²) in [6, 6.07) is 8.44. The molecular weight excluding hydrogens is 340 g/mol. The predicted molar refractivity (Wildman–Crippen MR) is 104 cm³/mol. The lowest BCUT2D eigenvalue weighted by molar-refractivity contribution is -0.126. The first kappa shape index (κ1) is 19.5. The van der Waals surface area contributed by atoms with E-state index in [1.54, 1.807) is 10.9 Å². The molecule has 0 radical (unpaired) electrons. The Kier molecular flexibility index (Phi) is 5.95. The zero-order valence-electron chi connectivity index (χ0n) is 16.6. The van der Waals surface area contributed by atoms with E-state index < -0.39 is 0 Å². The number of rotatable bonds is 7. The molecule has 2 heterocycles. The zero-order chi connectivity index (χ0) is 19.3. The van der Waals surface area contributed by atoms with Gasteiger partial charge in [0, 0.05) is 37.7 Å². The van der Waals surface area contributed by atoms with Crippen molar-refractivity contribution in [3.63, 3.8) is 0 Å². The summed E-state index contributed by atoms with van der Waals surface area (Å²) in [6.07, 6.45) is 6.54. The standard InChI is InChI=1S/C21H30N4O2/c1-17-7-4-5-8-18(17)21(9-14-27-20(2,3)16-21)15-19(26)22-10-6-12-25-13-11-23-24-25/h4-5,7-8,11,13H,6,9-10,12,14-16H2,1-3H3,(H,22,26)/t21-/m0/s1. The van der Waals surface area contributed by atoms with E-state index in [-0.39, 0.29) is 16.9 Å². The van der Waals surface area contributed by atoms with E-state index in [1.165, 1.54) is 11.1 Å². The fourth-order valence-corrected chi connectivity index (χ4v) is 4.31. The normalized spacial score (nSPS) is 21.7. The molecule has 1 aliphatic heterocycles. The Balaban J connectivity index is 1.66. The minimum atomic E-state index is -0.228. The molecule has 0 saturated carbocycles. The van der Waals surface area contributed by atoms with Crippen molar-refractivity contribution in [2.75, 3.05) is 13.2 Å². The zero-order valence-corrected chi connectivity index (χ0v) is 16.6. The van der Waals surface area contributed by atoms with Gasteiger partial charge < -0.3 is 10.1 Å². The van der Waals surface area contributed by atoms with Gasteiger partial charge >= 0.3 is 0 Å². The maximum Gasteiger partial charge on any atom is 0.220 e. The van der Waals surface area contributed by atoms with Gasteiger partial charge in [-0.05, 0) is 51.2 Å². The molecule has 0 unspecified atom stereocenters. The number of nitrogens with zero attached hydrogens (tertiary/aromatic N) is 3. The lowest BCUT2D eigenvalue weighted by atomic mass is 9.66. The molecule has 1 atom stereocenters. The van der Waals surface area contributed by atoms with Gasteiger partial charge in [0.25, 0.3) is 0 Å². The van der Waals surface area contributed by atoms with Crippen molar-refractivity contribution in [2.45, 2.75) is 64.0 Å². The first-order valence-electron chi connectivity index (χ1n) is 9.71. The van der Waals surface area contributed by atoms with Crippen LogP contribution in [-0.4, -0.2) is 39.7 Å². The number of ether oxygens (including phenoxy) is 1. The average molecular weight is 370 g/mol. The molecule has 146 valence electrons. The first-order valence-corrected chi connectivity index (χ1v) is 9.71. The minimum Gasteiger partial charge on any atom is -0.376 e. The van der Waals surface area contributed by atoms with Crippen molar-refractivity contribution in [3.8, 4) is 0 Å². The van der Waals surface area contributed by atoms with Crippen molar-refractivity contribution >= 4 is 5.91 Å². The van der Waals surface area contributed by atoms with E-state index in [0.29, 0.717) is 19.6 Å². The van der Waals surface area contributed by atoms with Crippen LogP contribution in [0.4, 0.5) is 0 Å². The number of benzene rings is 1. The number of amides is 1. The van der Waals surface area contributed by atoms with Crippen molar-refractivity contribution in [1.82, 2.24) is 20.3 Å². The van der Waals surface area contributed by atoms with Crippen LogP contribution in [-0.2, 0) is 21.5 Å². The van der Waals surface area contributed by atoms with Gasteiger partial charge in [-0.25, -0.2) is 0 Å². The number of hydrogen-bond acceptors (Lipinski definition) is 4. The maximum atomic E-state index is 12.8. The van der Waals surface area contributed by atoms with E-state index in [2.05, 4.69) is 60.7 Å². The summed E-state index contributed by atoms with van der Waals surface area (Å²) in [7, 11) is 0. The Labute approximate surface area is 161 Å². The number of hydrogen-bond donors (Lipinski definition) is 1. The fourth-order valence-electron chi connectivity index (χ4n) is 4.31. The lowest BCUT2D eigenvalue weighted by Gasteiger charge is -2.45. The van der Waals surface area contributed by atoms with E-state index in [0.717, 1.165) is 25.8 Å². The summed E-state index contributed by atoms with van der Waals surface area (Å²) in [5, 5.41) is 10.8. The van der Waals surface area contributed by atoms with Crippen molar-refractivity contribution in [3.05, 3.63) is 47.8 Å². The number of carbonyl (C=O) groups is 1. The fraction of sp³-hybridized carbons (Fsp3) is 0.571. The van der Waals surface area contributed by atoms with Crippen LogP contribution in [0.1, 0.15) is 50.7 Å². The second kappa shape index (κ2) is 8.21. The third-order valence-electron chi connectivity index (χ3n) is 5.41. The number of aromatic nitrogens is 3. The third kappa shape index (κ3) is 4.95. The monoisotopic (exact) mass is 370 g/mol. The molecule has 1 N–H and O–H groups in total. The molecule has 1 aliphatic rings. The molecule has 6 nitrogen and oxygen atoms in total. The summed E-state index contributed by atoms with van der Waals surface area (Å²) < 4.78 is 7.74. The van der Waals surface area contributed by atoms with Crippen LogP contribution in [0.5, 0.6) is 0 Å². The van der Waals surface area contributed by atoms with Gasteiger partial charge in [0.05, 0.1) is 11.8 Å². The van der Waals surface area contributed by atoms with Crippen molar-refractivity contribution in [2.24, 2.45) is 0 Å². The summed E-state index contributed by atoms with van der Waals surface area (Å²) in [5.74, 6) is 0.106. The molecule has 0 bridgehead atoms. The summed E-state index contributed by atoms with van der Waals surface area (Å²) in [6.45, 7) is 8.45. The second-order valence-corrected chi connectivity index (χ2v) is 8.18. The quantitative estimate of drug-likeness (QED) is 0.761. The molecule has 0 aliphatic carbocycles. The highest BCUT2D eigenvalue weighted by atomic mass is 16.5. The van der Waals surface area contributed by atoms with Crippen LogP contribution in [0.25, 0.3) is 0 Å². The van der Waals surface area contributed by atoms with Crippen LogP contribution < -0.4 is 5.32 Å². The summed E-state index contributed by atoms with van der Waals surface area (Å²) >= 11 is 0. The molecular formula is C21H30N4O2. The van der Waals surface area contributed by atoms with E-state index in [9.17, 15) is 4.79 Å². The molecule has 3 rings (SSSR count). The molecule has 1 fully saturated rings. The Morgan fingerprint density at radius 3 is 2.85 bits per heavy atom. The largest absolute Gasteiger partial charge is 0.376 e. The Bertz CT molecular complexity index is 757. The van der Waals surface area contributed by atoms with Gasteiger partial charge in [-0.1, -0.05) is 29.5 Å². The van der Waals surface area contributed by atoms with Gasteiger partial charge in [0.1, 0.15) is 0 Å². The van der Waals surface area contributed by atoms with Gasteiger partial charge in [-0.3, -0.25) is 9.48 Å². The molecule has 6 heteroatoms. The number of carbonyl (C=O) groups excluding carboxylic acids is 1. The van der Waals surface area contributed by atoms with E-state index in [1.807, 2.05) is 6.20 Å². The van der Waals surface area contributed by atoms with Crippen LogP contribution in [0, 0.1) is 6.92 Å². The molecule has 0 spiro atoms. The summed E-state index contributed by atoms with van der Waals surface area (Å²) in [4.78, 5) is 12.8. The van der Waals surface area contributed by atoms with Crippen molar-refractivity contribution < 1.29 is 9.53 Å². The SMILES string of the molecule is Cc1ccccc1[C@]1(CC(=O)NCCCn2ccnn2)CCOC(C)(C)C1.